The van der Waals surface area contributed by atoms with Crippen LogP contribution in [0.2, 0.25) is 0 Å². The lowest BCUT2D eigenvalue weighted by molar-refractivity contribution is -0.124. The van der Waals surface area contributed by atoms with Gasteiger partial charge in [-0.2, -0.15) is 0 Å². The number of nitrogens with one attached hydrogen (secondary N) is 1. The predicted octanol–water partition coefficient (Wildman–Crippen LogP) is 3.01. The van der Waals surface area contributed by atoms with Crippen LogP contribution in [0.4, 0.5) is 0 Å². The maximum absolute atomic E-state index is 13.1. The zero-order chi connectivity index (χ0) is 21.5. The number of aryl methyl sites for hydroxylation is 1. The van der Waals surface area contributed by atoms with Crippen LogP contribution in [0.15, 0.2) is 48.5 Å². The number of likely N-dealkylation sites (tertiary alicyclic amines) is 1. The first kappa shape index (κ1) is 21.8. The van der Waals surface area contributed by atoms with Gasteiger partial charge in [-0.25, -0.2) is 0 Å². The molecule has 160 valence electrons. The van der Waals surface area contributed by atoms with E-state index in [-0.39, 0.29) is 23.7 Å². The SMILES string of the molecule is COCCCNC(=O)[C@@H]1CN(C(=O)c2ccc(C)cc2)C[C@H]1c1ccc(OC)cc1. The molecule has 0 unspecified atom stereocenters. The van der Waals surface area contributed by atoms with Gasteiger partial charge in [0.05, 0.1) is 13.0 Å². The van der Waals surface area contributed by atoms with Gasteiger partial charge in [0, 0.05) is 44.8 Å². The summed E-state index contributed by atoms with van der Waals surface area (Å²) in [5, 5.41) is 3.01. The van der Waals surface area contributed by atoms with Gasteiger partial charge in [-0.05, 0) is 43.2 Å². The minimum atomic E-state index is -0.296. The molecular weight excluding hydrogens is 380 g/mol. The second-order valence-corrected chi connectivity index (χ2v) is 7.70. The molecule has 0 spiro atoms. The molecule has 6 nitrogen and oxygen atoms in total. The van der Waals surface area contributed by atoms with Crippen molar-refractivity contribution < 1.29 is 19.1 Å². The Kier molecular flexibility index (Phi) is 7.46. The van der Waals surface area contributed by atoms with Crippen LogP contribution in [-0.4, -0.2) is 57.2 Å². The Balaban J connectivity index is 1.78. The lowest BCUT2D eigenvalue weighted by Gasteiger charge is -2.18. The fraction of sp³-hybridized carbons (Fsp3) is 0.417. The van der Waals surface area contributed by atoms with E-state index in [1.165, 1.54) is 0 Å². The largest absolute Gasteiger partial charge is 0.497 e. The summed E-state index contributed by atoms with van der Waals surface area (Å²) in [7, 11) is 3.27. The number of carbonyl (C=O) groups is 2. The summed E-state index contributed by atoms with van der Waals surface area (Å²) in [6.45, 7) is 4.07. The molecule has 0 saturated carbocycles. The molecule has 1 saturated heterocycles. The second kappa shape index (κ2) is 10.3. The Bertz CT molecular complexity index is 849. The number of ether oxygens (including phenoxy) is 2. The Labute approximate surface area is 178 Å². The van der Waals surface area contributed by atoms with Crippen molar-refractivity contribution in [3.63, 3.8) is 0 Å². The van der Waals surface area contributed by atoms with E-state index in [0.717, 1.165) is 23.3 Å². The summed E-state index contributed by atoms with van der Waals surface area (Å²) in [6, 6.07) is 15.3. The van der Waals surface area contributed by atoms with Crippen LogP contribution in [0.5, 0.6) is 5.75 Å². The number of benzene rings is 2. The van der Waals surface area contributed by atoms with Crippen molar-refractivity contribution in [1.82, 2.24) is 10.2 Å². The predicted molar refractivity (Wildman–Crippen MR) is 116 cm³/mol. The summed E-state index contributed by atoms with van der Waals surface area (Å²) in [6.07, 6.45) is 0.758. The van der Waals surface area contributed by atoms with Gasteiger partial charge in [0.2, 0.25) is 5.91 Å². The van der Waals surface area contributed by atoms with Gasteiger partial charge >= 0.3 is 0 Å². The number of amides is 2. The molecule has 2 amide bonds. The van der Waals surface area contributed by atoms with Crippen LogP contribution in [0, 0.1) is 12.8 Å². The molecule has 2 atom stereocenters. The maximum Gasteiger partial charge on any atom is 0.253 e. The monoisotopic (exact) mass is 410 g/mol. The average Bonchev–Trinajstić information content (AvgIpc) is 3.22. The summed E-state index contributed by atoms with van der Waals surface area (Å²) in [4.78, 5) is 27.8. The van der Waals surface area contributed by atoms with Gasteiger partial charge in [-0.15, -0.1) is 0 Å². The molecule has 6 heteroatoms. The van der Waals surface area contributed by atoms with E-state index in [4.69, 9.17) is 9.47 Å². The third kappa shape index (κ3) is 5.19. The van der Waals surface area contributed by atoms with Crippen molar-refractivity contribution in [3.8, 4) is 5.75 Å². The van der Waals surface area contributed by atoms with Crippen molar-refractivity contribution in [2.45, 2.75) is 19.3 Å². The van der Waals surface area contributed by atoms with Gasteiger partial charge in [0.25, 0.3) is 5.91 Å². The molecule has 30 heavy (non-hydrogen) atoms. The molecule has 1 aliphatic rings. The highest BCUT2D eigenvalue weighted by Crippen LogP contribution is 2.34. The zero-order valence-electron chi connectivity index (χ0n) is 17.9. The molecule has 1 fully saturated rings. The highest BCUT2D eigenvalue weighted by Gasteiger charge is 2.40. The Morgan fingerprint density at radius 1 is 1.03 bits per heavy atom. The topological polar surface area (TPSA) is 67.9 Å². The molecular formula is C24H30N2O4. The molecule has 1 aliphatic heterocycles. The van der Waals surface area contributed by atoms with Crippen LogP contribution in [0.1, 0.15) is 33.8 Å². The first-order chi connectivity index (χ1) is 14.5. The molecule has 1 N–H and O–H groups in total. The average molecular weight is 411 g/mol. The van der Waals surface area contributed by atoms with Crippen molar-refractivity contribution in [2.24, 2.45) is 5.92 Å². The van der Waals surface area contributed by atoms with Crippen molar-refractivity contribution in [2.75, 3.05) is 40.5 Å². The molecule has 0 aromatic heterocycles. The highest BCUT2D eigenvalue weighted by molar-refractivity contribution is 5.95. The van der Waals surface area contributed by atoms with E-state index in [2.05, 4.69) is 5.32 Å². The van der Waals surface area contributed by atoms with Crippen molar-refractivity contribution in [1.29, 1.82) is 0 Å². The highest BCUT2D eigenvalue weighted by atomic mass is 16.5. The van der Waals surface area contributed by atoms with Gasteiger partial charge in [-0.1, -0.05) is 29.8 Å². The Hall–Kier alpha value is -2.86. The molecule has 0 aliphatic carbocycles. The van der Waals surface area contributed by atoms with Crippen molar-refractivity contribution >= 4 is 11.8 Å². The summed E-state index contributed by atoms with van der Waals surface area (Å²) >= 11 is 0. The Morgan fingerprint density at radius 3 is 2.37 bits per heavy atom. The molecule has 2 aromatic carbocycles. The number of rotatable bonds is 8. The third-order valence-electron chi connectivity index (χ3n) is 5.61. The fourth-order valence-corrected chi connectivity index (χ4v) is 3.86. The van der Waals surface area contributed by atoms with Gasteiger partial charge < -0.3 is 19.7 Å². The van der Waals surface area contributed by atoms with E-state index in [1.807, 2.05) is 55.5 Å². The van der Waals surface area contributed by atoms with Gasteiger partial charge in [-0.3, -0.25) is 9.59 Å². The summed E-state index contributed by atoms with van der Waals surface area (Å²) in [5.74, 6) is 0.349. The lowest BCUT2D eigenvalue weighted by atomic mass is 9.88. The zero-order valence-corrected chi connectivity index (χ0v) is 17.9. The van der Waals surface area contributed by atoms with E-state index < -0.39 is 0 Å². The maximum atomic E-state index is 13.1. The fourth-order valence-electron chi connectivity index (χ4n) is 3.86. The van der Waals surface area contributed by atoms with E-state index in [1.54, 1.807) is 19.1 Å². The van der Waals surface area contributed by atoms with E-state index >= 15 is 0 Å². The third-order valence-corrected chi connectivity index (χ3v) is 5.61. The number of nitrogens with zero attached hydrogens (tertiary/aromatic N) is 1. The number of hydrogen-bond acceptors (Lipinski definition) is 4. The van der Waals surface area contributed by atoms with Crippen LogP contribution < -0.4 is 10.1 Å². The summed E-state index contributed by atoms with van der Waals surface area (Å²) < 4.78 is 10.3. The minimum absolute atomic E-state index is 0.0221. The van der Waals surface area contributed by atoms with E-state index in [0.29, 0.717) is 31.8 Å². The number of hydrogen-bond donors (Lipinski definition) is 1. The van der Waals surface area contributed by atoms with Gasteiger partial charge in [0.15, 0.2) is 0 Å². The lowest BCUT2D eigenvalue weighted by Crippen LogP contribution is -2.36. The quantitative estimate of drug-likeness (QED) is 0.680. The van der Waals surface area contributed by atoms with Crippen molar-refractivity contribution in [3.05, 3.63) is 65.2 Å². The molecule has 2 aromatic rings. The van der Waals surface area contributed by atoms with Gasteiger partial charge in [0.1, 0.15) is 5.75 Å². The minimum Gasteiger partial charge on any atom is -0.497 e. The standard InChI is InChI=1S/C24H30N2O4/c1-17-5-7-19(8-6-17)24(28)26-15-21(18-9-11-20(30-3)12-10-18)22(16-26)23(27)25-13-4-14-29-2/h5-12,21-22H,4,13-16H2,1-3H3,(H,25,27)/t21-,22+/m0/s1. The Morgan fingerprint density at radius 2 is 1.73 bits per heavy atom. The normalized spacial score (nSPS) is 18.3. The first-order valence-electron chi connectivity index (χ1n) is 10.3. The van der Waals surface area contributed by atoms with Crippen LogP contribution in [0.3, 0.4) is 0 Å². The molecule has 3 rings (SSSR count). The molecule has 0 bridgehead atoms. The molecule has 0 radical (unpaired) electrons. The van der Waals surface area contributed by atoms with Crippen LogP contribution in [0.25, 0.3) is 0 Å². The number of methoxy groups -OCH3 is 2. The number of carbonyl (C=O) groups excluding carboxylic acids is 2. The second-order valence-electron chi connectivity index (χ2n) is 7.70. The first-order valence-corrected chi connectivity index (χ1v) is 10.3. The smallest absolute Gasteiger partial charge is 0.253 e. The van der Waals surface area contributed by atoms with E-state index in [9.17, 15) is 9.59 Å². The van der Waals surface area contributed by atoms with Crippen LogP contribution >= 0.6 is 0 Å². The molecule has 1 heterocycles. The summed E-state index contributed by atoms with van der Waals surface area (Å²) in [5.41, 5.74) is 2.79. The van der Waals surface area contributed by atoms with Crippen LogP contribution in [-0.2, 0) is 9.53 Å².